The lowest BCUT2D eigenvalue weighted by Crippen LogP contribution is -2.38. The molecule has 0 aliphatic carbocycles. The molecule has 174 valence electrons. The van der Waals surface area contributed by atoms with Crippen molar-refractivity contribution >= 4 is 17.1 Å². The van der Waals surface area contributed by atoms with Gasteiger partial charge in [0.25, 0.3) is 5.56 Å². The van der Waals surface area contributed by atoms with Crippen LogP contribution in [0.15, 0.2) is 58.6 Å². The normalized spacial score (nSPS) is 12.2. The molecule has 4 rings (SSSR count). The molecule has 4 aromatic rings. The minimum atomic E-state index is -0.906. The van der Waals surface area contributed by atoms with E-state index in [1.54, 1.807) is 36.3 Å². The molecule has 2 N–H and O–H groups in total. The first-order chi connectivity index (χ1) is 16.0. The standard InChI is InChI=1S/C22H27N7O4/c1-26-19-18(20(31)27(2)22(26)32)29(13-16(30)14-33-17-7-4-3-5-8-17)21(25-19)24-9-6-11-28-12-10-23-15-28/h3-5,7-8,10,12,15-16,30H,6,9,11,13-14H2,1-2H3,(H,24,25)/t16-/m0/s1. The molecule has 0 fully saturated rings. The highest BCUT2D eigenvalue weighted by Crippen LogP contribution is 2.17. The van der Waals surface area contributed by atoms with Crippen LogP contribution in [0.1, 0.15) is 6.42 Å². The summed E-state index contributed by atoms with van der Waals surface area (Å²) >= 11 is 0. The van der Waals surface area contributed by atoms with E-state index < -0.39 is 17.4 Å². The fourth-order valence-corrected chi connectivity index (χ4v) is 3.61. The maximum absolute atomic E-state index is 12.9. The van der Waals surface area contributed by atoms with Crippen molar-refractivity contribution in [3.05, 3.63) is 69.9 Å². The molecule has 0 aliphatic heterocycles. The van der Waals surface area contributed by atoms with Crippen molar-refractivity contribution in [2.24, 2.45) is 14.1 Å². The Morgan fingerprint density at radius 2 is 1.94 bits per heavy atom. The van der Waals surface area contributed by atoms with E-state index in [0.29, 0.717) is 18.2 Å². The Kier molecular flexibility index (Phi) is 6.59. The zero-order chi connectivity index (χ0) is 23.4. The molecule has 11 heteroatoms. The van der Waals surface area contributed by atoms with Crippen LogP contribution in [0.3, 0.4) is 0 Å². The summed E-state index contributed by atoms with van der Waals surface area (Å²) in [6.07, 6.45) is 5.24. The third-order valence-electron chi connectivity index (χ3n) is 5.36. The smallest absolute Gasteiger partial charge is 0.332 e. The highest BCUT2D eigenvalue weighted by molar-refractivity contribution is 5.74. The Hall–Kier alpha value is -3.86. The number of nitrogens with zero attached hydrogens (tertiary/aromatic N) is 6. The number of hydrogen-bond donors (Lipinski definition) is 2. The fourth-order valence-electron chi connectivity index (χ4n) is 3.61. The Labute approximate surface area is 189 Å². The molecule has 0 radical (unpaired) electrons. The van der Waals surface area contributed by atoms with Gasteiger partial charge >= 0.3 is 5.69 Å². The molecule has 11 nitrogen and oxygen atoms in total. The number of aliphatic hydroxyl groups is 1. The van der Waals surface area contributed by atoms with E-state index in [2.05, 4.69) is 15.3 Å². The summed E-state index contributed by atoms with van der Waals surface area (Å²) in [5.74, 6) is 1.05. The van der Waals surface area contributed by atoms with Gasteiger partial charge in [0, 0.05) is 39.6 Å². The lowest BCUT2D eigenvalue weighted by atomic mass is 10.3. The van der Waals surface area contributed by atoms with Gasteiger partial charge in [0.05, 0.1) is 12.9 Å². The van der Waals surface area contributed by atoms with Crippen molar-refractivity contribution in [1.82, 2.24) is 28.2 Å². The second-order valence-corrected chi connectivity index (χ2v) is 7.78. The molecule has 1 atom stereocenters. The Morgan fingerprint density at radius 1 is 1.15 bits per heavy atom. The van der Waals surface area contributed by atoms with Crippen LogP contribution in [0, 0.1) is 0 Å². The van der Waals surface area contributed by atoms with Crippen molar-refractivity contribution in [2.45, 2.75) is 25.6 Å². The molecule has 0 unspecified atom stereocenters. The van der Waals surface area contributed by atoms with Gasteiger partial charge in [-0.1, -0.05) is 18.2 Å². The molecule has 0 aliphatic rings. The van der Waals surface area contributed by atoms with E-state index in [1.165, 1.54) is 11.6 Å². The van der Waals surface area contributed by atoms with Crippen molar-refractivity contribution in [2.75, 3.05) is 18.5 Å². The maximum atomic E-state index is 12.9. The minimum Gasteiger partial charge on any atom is -0.491 e. The number of fused-ring (bicyclic) bond motifs is 1. The van der Waals surface area contributed by atoms with Crippen LogP contribution < -0.4 is 21.3 Å². The van der Waals surface area contributed by atoms with E-state index in [1.807, 2.05) is 29.0 Å². The summed E-state index contributed by atoms with van der Waals surface area (Å²) in [4.78, 5) is 33.8. The van der Waals surface area contributed by atoms with Crippen LogP contribution in [0.25, 0.3) is 11.2 Å². The van der Waals surface area contributed by atoms with Crippen molar-refractivity contribution < 1.29 is 9.84 Å². The summed E-state index contributed by atoms with van der Waals surface area (Å²) in [6.45, 7) is 1.45. The molecular weight excluding hydrogens is 426 g/mol. The molecule has 3 aromatic heterocycles. The van der Waals surface area contributed by atoms with Gasteiger partial charge < -0.3 is 24.3 Å². The molecule has 0 amide bonds. The first-order valence-electron chi connectivity index (χ1n) is 10.7. The van der Waals surface area contributed by atoms with Crippen molar-refractivity contribution in [3.8, 4) is 5.75 Å². The number of anilines is 1. The van der Waals surface area contributed by atoms with Crippen LogP contribution in [-0.2, 0) is 27.2 Å². The second kappa shape index (κ2) is 9.74. The van der Waals surface area contributed by atoms with E-state index in [-0.39, 0.29) is 24.3 Å². The first kappa shape index (κ1) is 22.3. The Morgan fingerprint density at radius 3 is 2.67 bits per heavy atom. The monoisotopic (exact) mass is 453 g/mol. The lowest BCUT2D eigenvalue weighted by Gasteiger charge is -2.16. The molecule has 33 heavy (non-hydrogen) atoms. The summed E-state index contributed by atoms with van der Waals surface area (Å²) in [6, 6.07) is 9.18. The van der Waals surface area contributed by atoms with Gasteiger partial charge in [-0.05, 0) is 18.6 Å². The number of para-hydroxylation sites is 1. The molecule has 0 spiro atoms. The number of aliphatic hydroxyl groups excluding tert-OH is 1. The molecule has 0 bridgehead atoms. The maximum Gasteiger partial charge on any atom is 0.332 e. The number of hydrogen-bond acceptors (Lipinski definition) is 7. The number of imidazole rings is 2. The predicted molar refractivity (Wildman–Crippen MR) is 123 cm³/mol. The van der Waals surface area contributed by atoms with E-state index in [0.717, 1.165) is 17.5 Å². The molecule has 0 saturated heterocycles. The van der Waals surface area contributed by atoms with E-state index in [4.69, 9.17) is 4.74 Å². The summed E-state index contributed by atoms with van der Waals surface area (Å²) < 4.78 is 11.6. The third-order valence-corrected chi connectivity index (χ3v) is 5.36. The number of rotatable bonds is 10. The SMILES string of the molecule is Cn1c(=O)c2c(nc(NCCCn3ccnc3)n2C[C@H](O)COc2ccccc2)n(C)c1=O. The molecule has 0 saturated carbocycles. The summed E-state index contributed by atoms with van der Waals surface area (Å²) in [5.41, 5.74) is -0.424. The summed E-state index contributed by atoms with van der Waals surface area (Å²) in [7, 11) is 2.99. The Bertz CT molecular complexity index is 1320. The second-order valence-electron chi connectivity index (χ2n) is 7.78. The number of benzene rings is 1. The van der Waals surface area contributed by atoms with Gasteiger partial charge in [-0.3, -0.25) is 13.9 Å². The number of nitrogens with one attached hydrogen (secondary N) is 1. The van der Waals surface area contributed by atoms with Crippen LogP contribution in [0.5, 0.6) is 5.75 Å². The Balaban J connectivity index is 1.57. The lowest BCUT2D eigenvalue weighted by molar-refractivity contribution is 0.0938. The van der Waals surface area contributed by atoms with Gasteiger partial charge in [-0.2, -0.15) is 4.98 Å². The molecule has 1 aromatic carbocycles. The van der Waals surface area contributed by atoms with Crippen molar-refractivity contribution in [3.63, 3.8) is 0 Å². The van der Waals surface area contributed by atoms with Crippen LogP contribution in [-0.4, -0.2) is 52.6 Å². The van der Waals surface area contributed by atoms with Crippen molar-refractivity contribution in [1.29, 1.82) is 0 Å². The molecule has 3 heterocycles. The predicted octanol–water partition coefficient (Wildman–Crippen LogP) is 0.572. The fraction of sp³-hybridized carbons (Fsp3) is 0.364. The van der Waals surface area contributed by atoms with Gasteiger partial charge in [0.1, 0.15) is 18.5 Å². The zero-order valence-corrected chi connectivity index (χ0v) is 18.6. The molecular formula is C22H27N7O4. The largest absolute Gasteiger partial charge is 0.491 e. The van der Waals surface area contributed by atoms with Gasteiger partial charge in [0.2, 0.25) is 5.95 Å². The van der Waals surface area contributed by atoms with Gasteiger partial charge in [-0.25, -0.2) is 9.78 Å². The van der Waals surface area contributed by atoms with Crippen LogP contribution in [0.2, 0.25) is 0 Å². The average molecular weight is 454 g/mol. The minimum absolute atomic E-state index is 0.0375. The third kappa shape index (κ3) is 4.82. The number of aryl methyl sites for hydroxylation is 2. The highest BCUT2D eigenvalue weighted by atomic mass is 16.5. The van der Waals surface area contributed by atoms with Gasteiger partial charge in [0.15, 0.2) is 11.2 Å². The summed E-state index contributed by atoms with van der Waals surface area (Å²) in [5, 5.41) is 13.9. The van der Waals surface area contributed by atoms with E-state index >= 15 is 0 Å². The topological polar surface area (TPSA) is 121 Å². The number of aromatic nitrogens is 6. The average Bonchev–Trinajstić information content (AvgIpc) is 3.47. The van der Waals surface area contributed by atoms with E-state index in [9.17, 15) is 14.7 Å². The quantitative estimate of drug-likeness (QED) is 0.337. The van der Waals surface area contributed by atoms with Gasteiger partial charge in [-0.15, -0.1) is 0 Å². The van der Waals surface area contributed by atoms with Crippen LogP contribution >= 0.6 is 0 Å². The number of ether oxygens (including phenoxy) is 1. The first-order valence-corrected chi connectivity index (χ1v) is 10.7. The highest BCUT2D eigenvalue weighted by Gasteiger charge is 2.21. The zero-order valence-electron chi connectivity index (χ0n) is 18.6. The van der Waals surface area contributed by atoms with Crippen LogP contribution in [0.4, 0.5) is 5.95 Å².